The van der Waals surface area contributed by atoms with Crippen LogP contribution in [0.3, 0.4) is 0 Å². The third-order valence-electron chi connectivity index (χ3n) is 4.59. The molecule has 5 nitrogen and oxygen atoms in total. The molecule has 0 radical (unpaired) electrons. The molecule has 3 N–H and O–H groups in total. The molecule has 1 aliphatic carbocycles. The summed E-state index contributed by atoms with van der Waals surface area (Å²) >= 11 is 0. The Kier molecular flexibility index (Phi) is 6.82. The van der Waals surface area contributed by atoms with Crippen molar-refractivity contribution in [2.75, 3.05) is 6.54 Å². The second-order valence-corrected chi connectivity index (χ2v) is 5.99. The Bertz CT molecular complexity index is 333. The van der Waals surface area contributed by atoms with E-state index in [4.69, 9.17) is 5.11 Å². The van der Waals surface area contributed by atoms with Crippen LogP contribution < -0.4 is 10.6 Å². The highest BCUT2D eigenvalue weighted by molar-refractivity contribution is 5.74. The lowest BCUT2D eigenvalue weighted by atomic mass is 9.94. The number of rotatable bonds is 7. The summed E-state index contributed by atoms with van der Waals surface area (Å²) in [4.78, 5) is 22.4. The Morgan fingerprint density at radius 2 is 2.05 bits per heavy atom. The average molecular weight is 284 g/mol. The van der Waals surface area contributed by atoms with Crippen LogP contribution in [0.4, 0.5) is 4.79 Å². The number of hydrogen-bond acceptors (Lipinski definition) is 2. The van der Waals surface area contributed by atoms with Gasteiger partial charge in [-0.2, -0.15) is 0 Å². The van der Waals surface area contributed by atoms with Crippen LogP contribution in [0.15, 0.2) is 0 Å². The van der Waals surface area contributed by atoms with Gasteiger partial charge in [-0.3, -0.25) is 4.79 Å². The van der Waals surface area contributed by atoms with Crippen molar-refractivity contribution >= 4 is 12.0 Å². The summed E-state index contributed by atoms with van der Waals surface area (Å²) in [5.74, 6) is 0.134. The van der Waals surface area contributed by atoms with E-state index >= 15 is 0 Å². The van der Waals surface area contributed by atoms with Crippen LogP contribution in [-0.2, 0) is 4.79 Å². The Morgan fingerprint density at radius 1 is 1.35 bits per heavy atom. The van der Waals surface area contributed by atoms with Crippen LogP contribution in [0.1, 0.15) is 52.9 Å². The Morgan fingerprint density at radius 3 is 2.60 bits per heavy atom. The van der Waals surface area contributed by atoms with Crippen molar-refractivity contribution in [2.45, 2.75) is 58.9 Å². The zero-order valence-electron chi connectivity index (χ0n) is 12.8. The summed E-state index contributed by atoms with van der Waals surface area (Å²) in [6.07, 6.45) is 4.71. The monoisotopic (exact) mass is 284 g/mol. The molecule has 0 bridgehead atoms. The topological polar surface area (TPSA) is 78.4 Å². The lowest BCUT2D eigenvalue weighted by Crippen LogP contribution is -2.44. The number of urea groups is 1. The Hall–Kier alpha value is -1.26. The predicted octanol–water partition coefficient (Wildman–Crippen LogP) is 2.61. The summed E-state index contributed by atoms with van der Waals surface area (Å²) < 4.78 is 0. The highest BCUT2D eigenvalue weighted by Crippen LogP contribution is 2.33. The number of carbonyl (C=O) groups excluding carboxylic acids is 1. The molecule has 0 aromatic carbocycles. The molecule has 2 amide bonds. The zero-order chi connectivity index (χ0) is 15.1. The van der Waals surface area contributed by atoms with Gasteiger partial charge in [0, 0.05) is 12.6 Å². The van der Waals surface area contributed by atoms with Gasteiger partial charge in [0.2, 0.25) is 0 Å². The van der Waals surface area contributed by atoms with Crippen LogP contribution in [0.5, 0.6) is 0 Å². The van der Waals surface area contributed by atoms with Gasteiger partial charge in [0.05, 0.1) is 5.92 Å². The first-order chi connectivity index (χ1) is 9.45. The summed E-state index contributed by atoms with van der Waals surface area (Å²) in [5, 5.41) is 14.6. The number of nitrogens with one attached hydrogen (secondary N) is 2. The maximum atomic E-state index is 11.8. The second kappa shape index (κ2) is 8.12. The number of carboxylic acid groups (broad SMARTS) is 1. The van der Waals surface area contributed by atoms with Crippen molar-refractivity contribution < 1.29 is 14.7 Å². The molecule has 4 atom stereocenters. The molecule has 1 fully saturated rings. The fourth-order valence-corrected chi connectivity index (χ4v) is 2.98. The van der Waals surface area contributed by atoms with E-state index in [9.17, 15) is 9.59 Å². The van der Waals surface area contributed by atoms with Crippen LogP contribution >= 0.6 is 0 Å². The minimum Gasteiger partial charge on any atom is -0.481 e. The normalized spacial score (nSPS) is 27.1. The molecule has 0 heterocycles. The minimum absolute atomic E-state index is 0.124. The average Bonchev–Trinajstić information content (AvgIpc) is 2.75. The van der Waals surface area contributed by atoms with E-state index in [1.807, 2.05) is 0 Å². The van der Waals surface area contributed by atoms with E-state index < -0.39 is 5.97 Å². The molecule has 0 aliphatic heterocycles. The Balaban J connectivity index is 2.16. The van der Waals surface area contributed by atoms with E-state index in [0.717, 1.165) is 12.3 Å². The van der Waals surface area contributed by atoms with Crippen molar-refractivity contribution in [1.29, 1.82) is 0 Å². The molecule has 116 valence electrons. The van der Waals surface area contributed by atoms with E-state index in [-0.39, 0.29) is 18.0 Å². The minimum atomic E-state index is -0.778. The first kappa shape index (κ1) is 16.8. The van der Waals surface area contributed by atoms with Gasteiger partial charge in [0.25, 0.3) is 0 Å². The lowest BCUT2D eigenvalue weighted by Gasteiger charge is -2.21. The maximum absolute atomic E-state index is 11.8. The molecule has 5 heteroatoms. The molecular formula is C15H28N2O3. The highest BCUT2D eigenvalue weighted by atomic mass is 16.4. The van der Waals surface area contributed by atoms with Crippen LogP contribution in [0.25, 0.3) is 0 Å². The van der Waals surface area contributed by atoms with Crippen molar-refractivity contribution in [1.82, 2.24) is 10.6 Å². The second-order valence-electron chi connectivity index (χ2n) is 5.99. The van der Waals surface area contributed by atoms with E-state index in [1.54, 1.807) is 6.92 Å². The highest BCUT2D eigenvalue weighted by Gasteiger charge is 2.32. The molecular weight excluding hydrogens is 256 g/mol. The smallest absolute Gasteiger partial charge is 0.315 e. The van der Waals surface area contributed by atoms with Crippen LogP contribution in [0.2, 0.25) is 0 Å². The van der Waals surface area contributed by atoms with E-state index in [2.05, 4.69) is 24.5 Å². The van der Waals surface area contributed by atoms with E-state index in [1.165, 1.54) is 12.8 Å². The fraction of sp³-hybridized carbons (Fsp3) is 0.867. The molecule has 4 unspecified atom stereocenters. The van der Waals surface area contributed by atoms with Gasteiger partial charge in [-0.1, -0.05) is 27.2 Å². The van der Waals surface area contributed by atoms with Gasteiger partial charge in [0.15, 0.2) is 0 Å². The van der Waals surface area contributed by atoms with Gasteiger partial charge >= 0.3 is 12.0 Å². The third kappa shape index (κ3) is 5.02. The SMILES string of the molecule is CCC1CCC(NC(=O)NCCCC(C)C(=O)O)C1C. The molecule has 0 saturated heterocycles. The molecule has 1 aliphatic rings. The first-order valence-corrected chi connectivity index (χ1v) is 7.72. The van der Waals surface area contributed by atoms with E-state index in [0.29, 0.717) is 25.3 Å². The summed E-state index contributed by atoms with van der Waals surface area (Å²) in [5.41, 5.74) is 0. The number of carboxylic acids is 1. The summed E-state index contributed by atoms with van der Waals surface area (Å²) in [6.45, 7) is 6.63. The van der Waals surface area contributed by atoms with Gasteiger partial charge < -0.3 is 15.7 Å². The summed E-state index contributed by atoms with van der Waals surface area (Å²) in [7, 11) is 0. The number of aliphatic carboxylic acids is 1. The molecule has 20 heavy (non-hydrogen) atoms. The molecule has 1 saturated carbocycles. The lowest BCUT2D eigenvalue weighted by molar-refractivity contribution is -0.141. The van der Waals surface area contributed by atoms with Crippen molar-refractivity contribution in [3.63, 3.8) is 0 Å². The standard InChI is InChI=1S/C15H28N2O3/c1-4-12-7-8-13(11(12)3)17-15(20)16-9-5-6-10(2)14(18)19/h10-13H,4-9H2,1-3H3,(H,18,19)(H2,16,17,20). The predicted molar refractivity (Wildman–Crippen MR) is 78.5 cm³/mol. The molecule has 0 aromatic rings. The van der Waals surface area contributed by atoms with Gasteiger partial charge in [-0.15, -0.1) is 0 Å². The van der Waals surface area contributed by atoms with Crippen molar-refractivity contribution in [3.8, 4) is 0 Å². The van der Waals surface area contributed by atoms with Crippen LogP contribution in [-0.4, -0.2) is 29.7 Å². The number of hydrogen-bond donors (Lipinski definition) is 3. The number of carbonyl (C=O) groups is 2. The molecule has 0 aromatic heterocycles. The molecule has 0 spiro atoms. The first-order valence-electron chi connectivity index (χ1n) is 7.72. The molecule has 1 rings (SSSR count). The van der Waals surface area contributed by atoms with Crippen LogP contribution in [0, 0.1) is 17.8 Å². The van der Waals surface area contributed by atoms with Gasteiger partial charge in [0.1, 0.15) is 0 Å². The fourth-order valence-electron chi connectivity index (χ4n) is 2.98. The Labute approximate surface area is 121 Å². The largest absolute Gasteiger partial charge is 0.481 e. The maximum Gasteiger partial charge on any atom is 0.315 e. The van der Waals surface area contributed by atoms with Gasteiger partial charge in [-0.25, -0.2) is 4.79 Å². The van der Waals surface area contributed by atoms with Crippen molar-refractivity contribution in [3.05, 3.63) is 0 Å². The van der Waals surface area contributed by atoms with Gasteiger partial charge in [-0.05, 0) is 37.5 Å². The summed E-state index contributed by atoms with van der Waals surface area (Å²) in [6, 6.07) is 0.152. The third-order valence-corrected chi connectivity index (χ3v) is 4.59. The zero-order valence-corrected chi connectivity index (χ0v) is 12.8. The number of amides is 2. The quantitative estimate of drug-likeness (QED) is 0.629. The van der Waals surface area contributed by atoms with Crippen molar-refractivity contribution in [2.24, 2.45) is 17.8 Å².